The van der Waals surface area contributed by atoms with E-state index in [1.807, 2.05) is 210 Å². The van der Waals surface area contributed by atoms with E-state index in [9.17, 15) is 23.6 Å². The van der Waals surface area contributed by atoms with E-state index >= 15 is 0 Å². The van der Waals surface area contributed by atoms with Gasteiger partial charge in [-0.15, -0.1) is 0 Å². The number of halogens is 1. The third-order valence-electron chi connectivity index (χ3n) is 24.8. The Morgan fingerprint density at radius 3 is 1.07 bits per heavy atom. The molecule has 8 bridgehead atoms. The third-order valence-corrected chi connectivity index (χ3v) is 24.8. The van der Waals surface area contributed by atoms with Crippen molar-refractivity contribution < 1.29 is 42.5 Å². The fraction of sp³-hybridized carbons (Fsp3) is 0.340. The molecule has 4 aliphatic carbocycles. The maximum absolute atomic E-state index is 14.5. The van der Waals surface area contributed by atoms with Gasteiger partial charge in [-0.25, -0.2) is 24.3 Å². The smallest absolute Gasteiger partial charge is 0.273 e. The lowest BCUT2D eigenvalue weighted by molar-refractivity contribution is 0.0459. The molecule has 0 spiro atoms. The standard InChI is InChI=1S/C25H26N4O2.C24H23FN4O2.2C24H24N4O2/c1-15-6-7-21(28-13-15)31-20-12-18-11-19(20)29(14-18)25(30)24-22(16(2)8-10-27-24)23-17(3)5-4-9-26-23;1-14-5-6-21(27-11-14)31-20-10-16-9-19(20)29(13-16)24(30)23-17(8-15(2)12-28-23)22-18(25)4-3-7-26-22;1-15-7-8-21(27-13-15)30-20-12-17-11-19(20)28(14-17)24(29)18-6-4-10-26-23(18)22-16(2)5-3-9-25-22;1-15-7-8-21(27-13-15)30-20-12-17-11-19(20)28(14-17)24(29)23-18(6-4-10-26-23)22-16(2)5-3-9-25-22/h4-10,13,18-20H,11-12,14H2,1-3H3;3-8,11-12,16,19-20H,9-10,13H2,1-2H3;2*3-10,13,17,19-20H,11-12,14H2,1-2H3. The van der Waals surface area contributed by atoms with E-state index in [-0.39, 0.29) is 83.6 Å². The fourth-order valence-corrected chi connectivity index (χ4v) is 18.9. The number of amides is 4. The summed E-state index contributed by atoms with van der Waals surface area (Å²) >= 11 is 0. The molecule has 12 aromatic heterocycles. The molecular formula is C97H97FN16O8. The molecule has 4 saturated heterocycles. The van der Waals surface area contributed by atoms with Gasteiger partial charge in [0.2, 0.25) is 23.5 Å². The lowest BCUT2D eigenvalue weighted by atomic mass is 9.99. The van der Waals surface area contributed by atoms with Crippen molar-refractivity contribution in [1.82, 2.24) is 79.4 Å². The first-order valence-corrected chi connectivity index (χ1v) is 42.0. The van der Waals surface area contributed by atoms with Gasteiger partial charge in [0.05, 0.1) is 46.8 Å². The third kappa shape index (κ3) is 17.2. The van der Waals surface area contributed by atoms with E-state index in [2.05, 4.69) is 59.8 Å². The zero-order chi connectivity index (χ0) is 84.4. The maximum atomic E-state index is 14.5. The first-order chi connectivity index (χ1) is 59.2. The van der Waals surface area contributed by atoms with Gasteiger partial charge >= 0.3 is 0 Å². The number of pyridine rings is 12. The van der Waals surface area contributed by atoms with Gasteiger partial charge in [0, 0.05) is 141 Å². The summed E-state index contributed by atoms with van der Waals surface area (Å²) in [5, 5.41) is 0. The van der Waals surface area contributed by atoms with Gasteiger partial charge in [-0.2, -0.15) is 0 Å². The van der Waals surface area contributed by atoms with Gasteiger partial charge in [0.1, 0.15) is 58.7 Å². The average Bonchev–Trinajstić information content (AvgIpc) is 1.58. The Morgan fingerprint density at radius 2 is 0.656 bits per heavy atom. The van der Waals surface area contributed by atoms with Gasteiger partial charge in [0.25, 0.3) is 23.6 Å². The molecule has 0 radical (unpaired) electrons. The minimum Gasteiger partial charge on any atom is -0.472 e. The highest BCUT2D eigenvalue weighted by Crippen LogP contribution is 2.46. The van der Waals surface area contributed by atoms with Crippen molar-refractivity contribution in [3.05, 3.63) is 286 Å². The Kier molecular flexibility index (Phi) is 23.5. The highest BCUT2D eigenvalue weighted by molar-refractivity contribution is 6.02. The number of likely N-dealkylation sites (tertiary alicyclic amines) is 4. The molecule has 0 N–H and O–H groups in total. The van der Waals surface area contributed by atoms with Crippen LogP contribution < -0.4 is 18.9 Å². The van der Waals surface area contributed by atoms with Crippen LogP contribution >= 0.6 is 0 Å². The second-order valence-electron chi connectivity index (χ2n) is 33.7. The Morgan fingerprint density at radius 1 is 0.303 bits per heavy atom. The number of carbonyl (C=O) groups excluding carboxylic acids is 4. The van der Waals surface area contributed by atoms with Crippen LogP contribution in [0.3, 0.4) is 0 Å². The lowest BCUT2D eigenvalue weighted by Gasteiger charge is -2.33. The van der Waals surface area contributed by atoms with Crippen molar-refractivity contribution in [2.75, 3.05) is 26.2 Å². The molecule has 122 heavy (non-hydrogen) atoms. The van der Waals surface area contributed by atoms with Gasteiger partial charge in [-0.3, -0.25) is 59.0 Å². The van der Waals surface area contributed by atoms with E-state index in [1.54, 1.807) is 61.8 Å². The van der Waals surface area contributed by atoms with E-state index < -0.39 is 5.82 Å². The minimum atomic E-state index is -0.474. The summed E-state index contributed by atoms with van der Waals surface area (Å²) in [6, 6.07) is 41.3. The quantitative estimate of drug-likeness (QED) is 0.0869. The van der Waals surface area contributed by atoms with Crippen molar-refractivity contribution >= 4 is 23.6 Å². The highest BCUT2D eigenvalue weighted by atomic mass is 19.1. The molecule has 25 heteroatoms. The summed E-state index contributed by atoms with van der Waals surface area (Å²) in [5.41, 5.74) is 16.2. The normalized spacial score (nSPS) is 22.2. The molecule has 20 rings (SSSR count). The van der Waals surface area contributed by atoms with Crippen LogP contribution in [0.5, 0.6) is 23.5 Å². The summed E-state index contributed by atoms with van der Waals surface area (Å²) in [6.07, 6.45) is 28.0. The predicted molar refractivity (Wildman–Crippen MR) is 457 cm³/mol. The SMILES string of the molecule is Cc1ccc(OC2CC3CC2N(C(=O)c2cccnc2-c2ncccc2C)C3)nc1.Cc1ccc(OC2CC3CC2N(C(=O)c2ncc(C)cc2-c2ncccc2F)C3)nc1.Cc1ccc(OC2CC3CC2N(C(=O)c2nccc(C)c2-c2ncccc2C)C3)nc1.Cc1ccc(OC2CC3CC2N(C(=O)c2ncccc2-c2ncccc2C)C3)nc1. The summed E-state index contributed by atoms with van der Waals surface area (Å²) in [7, 11) is 0. The molecule has 12 atom stereocenters. The molecule has 8 aliphatic rings. The van der Waals surface area contributed by atoms with E-state index in [0.29, 0.717) is 81.9 Å². The zero-order valence-electron chi connectivity index (χ0n) is 69.8. The first kappa shape index (κ1) is 81.2. The summed E-state index contributed by atoms with van der Waals surface area (Å²) in [5.74, 6) is 3.41. The second-order valence-corrected chi connectivity index (χ2v) is 33.7. The largest absolute Gasteiger partial charge is 0.472 e. The molecule has 0 aromatic carbocycles. The molecule has 8 fully saturated rings. The minimum absolute atomic E-state index is 0.000758. The van der Waals surface area contributed by atoms with E-state index in [4.69, 9.17) is 18.9 Å². The fourth-order valence-electron chi connectivity index (χ4n) is 18.9. The van der Waals surface area contributed by atoms with Crippen LogP contribution in [0.2, 0.25) is 0 Å². The Hall–Kier alpha value is -13.2. The van der Waals surface area contributed by atoms with Crippen molar-refractivity contribution in [2.24, 2.45) is 23.7 Å². The number of hydrogen-bond donors (Lipinski definition) is 0. The van der Waals surface area contributed by atoms with Crippen LogP contribution in [-0.2, 0) is 0 Å². The zero-order valence-corrected chi connectivity index (χ0v) is 69.8. The van der Waals surface area contributed by atoms with Crippen molar-refractivity contribution in [1.29, 1.82) is 0 Å². The Balaban J connectivity index is 0.000000116. The molecule has 16 heterocycles. The van der Waals surface area contributed by atoms with Crippen LogP contribution in [0.4, 0.5) is 4.39 Å². The van der Waals surface area contributed by atoms with Crippen LogP contribution in [0, 0.1) is 91.8 Å². The van der Waals surface area contributed by atoms with Crippen LogP contribution in [0.15, 0.2) is 208 Å². The number of hydrogen-bond acceptors (Lipinski definition) is 20. The number of ether oxygens (including phenoxy) is 4. The van der Waals surface area contributed by atoms with Gasteiger partial charge < -0.3 is 38.5 Å². The van der Waals surface area contributed by atoms with Crippen molar-refractivity contribution in [3.8, 4) is 68.7 Å². The molecular weight excluding hydrogens is 1540 g/mol. The molecule has 4 amide bonds. The molecule has 620 valence electrons. The predicted octanol–water partition coefficient (Wildman–Crippen LogP) is 15.8. The molecule has 24 nitrogen and oxygen atoms in total. The van der Waals surface area contributed by atoms with E-state index in [0.717, 1.165) is 149 Å². The lowest BCUT2D eigenvalue weighted by Crippen LogP contribution is -2.47. The van der Waals surface area contributed by atoms with Gasteiger partial charge in [-0.05, 0) is 254 Å². The topological polar surface area (TPSA) is 273 Å². The van der Waals surface area contributed by atoms with Crippen molar-refractivity contribution in [3.63, 3.8) is 0 Å². The maximum Gasteiger partial charge on any atom is 0.273 e. The summed E-state index contributed by atoms with van der Waals surface area (Å²) < 4.78 is 39.2. The Bertz CT molecular complexity index is 5680. The highest BCUT2D eigenvalue weighted by Gasteiger charge is 2.53. The van der Waals surface area contributed by atoms with Crippen LogP contribution in [0.25, 0.3) is 45.2 Å². The number of aryl methyl sites for hydroxylation is 9. The number of rotatable bonds is 16. The average molecular weight is 1630 g/mol. The molecule has 12 unspecified atom stereocenters. The Labute approximate surface area is 708 Å². The summed E-state index contributed by atoms with van der Waals surface area (Å²) in [6.45, 7) is 20.8. The number of carbonyl (C=O) groups is 4. The van der Waals surface area contributed by atoms with Crippen LogP contribution in [-0.4, -0.2) is 178 Å². The number of fused-ring (bicyclic) bond motifs is 8. The van der Waals surface area contributed by atoms with Crippen molar-refractivity contribution in [2.45, 2.75) is 162 Å². The second kappa shape index (κ2) is 35.2. The van der Waals surface area contributed by atoms with Gasteiger partial charge in [-0.1, -0.05) is 42.5 Å². The molecule has 12 aromatic rings. The monoisotopic (exact) mass is 1630 g/mol. The van der Waals surface area contributed by atoms with Gasteiger partial charge in [0.15, 0.2) is 0 Å². The number of aromatic nitrogens is 12. The summed E-state index contributed by atoms with van der Waals surface area (Å²) in [4.78, 5) is 115. The van der Waals surface area contributed by atoms with Crippen LogP contribution in [0.1, 0.15) is 143 Å². The number of nitrogens with zero attached hydrogens (tertiary/aromatic N) is 16. The number of piperidine rings is 4. The van der Waals surface area contributed by atoms with E-state index in [1.165, 1.54) is 18.3 Å². The molecule has 4 saturated carbocycles. The molecule has 4 aliphatic heterocycles. The first-order valence-electron chi connectivity index (χ1n) is 42.0.